The van der Waals surface area contributed by atoms with Gasteiger partial charge in [-0.2, -0.15) is 0 Å². The van der Waals surface area contributed by atoms with Crippen molar-refractivity contribution >= 4 is 11.8 Å². The van der Waals surface area contributed by atoms with Crippen molar-refractivity contribution in [2.45, 2.75) is 57.8 Å². The first-order valence-electron chi connectivity index (χ1n) is 9.87. The number of carbonyl (C=O) groups is 2. The summed E-state index contributed by atoms with van der Waals surface area (Å²) in [7, 11) is 0. The Balaban J connectivity index is 1.29. The first-order valence-corrected chi connectivity index (χ1v) is 9.87. The summed E-state index contributed by atoms with van der Waals surface area (Å²) in [5, 5.41) is 0. The molecule has 0 aromatic rings. The molecule has 0 radical (unpaired) electrons. The molecule has 5 heteroatoms. The monoisotopic (exact) mass is 348 g/mol. The molecule has 1 spiro atoms. The fourth-order valence-corrected chi connectivity index (χ4v) is 5.02. The fourth-order valence-electron chi connectivity index (χ4n) is 5.02. The standard InChI is InChI=1S/C20H29FN2O2/c21-12-20(7-4-8-20)18(25)22-10-9-19(13-22)14-23(15-19)17(24)11-16-5-2-1-3-6-16/h5H,1-4,6-15H2. The minimum atomic E-state index is -0.710. The quantitative estimate of drug-likeness (QED) is 0.733. The van der Waals surface area contributed by atoms with E-state index in [-0.39, 0.29) is 17.2 Å². The molecule has 138 valence electrons. The molecular weight excluding hydrogens is 319 g/mol. The highest BCUT2D eigenvalue weighted by Crippen LogP contribution is 2.46. The summed E-state index contributed by atoms with van der Waals surface area (Å²) in [6.07, 6.45) is 10.8. The van der Waals surface area contributed by atoms with Crippen molar-refractivity contribution in [2.75, 3.05) is 32.9 Å². The lowest BCUT2D eigenvalue weighted by Crippen LogP contribution is -2.60. The zero-order valence-electron chi connectivity index (χ0n) is 15.1. The highest BCUT2D eigenvalue weighted by molar-refractivity contribution is 5.84. The third-order valence-corrected chi connectivity index (χ3v) is 6.91. The van der Waals surface area contributed by atoms with Crippen molar-refractivity contribution < 1.29 is 14.0 Å². The molecule has 4 aliphatic rings. The van der Waals surface area contributed by atoms with Gasteiger partial charge in [0.05, 0.1) is 5.41 Å². The van der Waals surface area contributed by atoms with E-state index in [0.717, 1.165) is 45.3 Å². The Morgan fingerprint density at radius 3 is 2.40 bits per heavy atom. The number of likely N-dealkylation sites (tertiary alicyclic amines) is 2. The van der Waals surface area contributed by atoms with Crippen LogP contribution in [0, 0.1) is 10.8 Å². The van der Waals surface area contributed by atoms with Crippen LogP contribution >= 0.6 is 0 Å². The molecule has 0 N–H and O–H groups in total. The lowest BCUT2D eigenvalue weighted by Gasteiger charge is -2.48. The predicted octanol–water partition coefficient (Wildman–Crippen LogP) is 3.08. The lowest BCUT2D eigenvalue weighted by atomic mass is 9.68. The molecule has 2 amide bonds. The third kappa shape index (κ3) is 3.00. The Morgan fingerprint density at radius 1 is 1.04 bits per heavy atom. The van der Waals surface area contributed by atoms with Crippen LogP contribution in [0.3, 0.4) is 0 Å². The number of hydrogen-bond donors (Lipinski definition) is 0. The molecule has 0 unspecified atom stereocenters. The number of nitrogens with zero attached hydrogens (tertiary/aromatic N) is 2. The third-order valence-electron chi connectivity index (χ3n) is 6.91. The van der Waals surface area contributed by atoms with E-state index >= 15 is 0 Å². The van der Waals surface area contributed by atoms with Crippen molar-refractivity contribution in [1.82, 2.24) is 9.80 Å². The topological polar surface area (TPSA) is 40.6 Å². The molecule has 1 saturated carbocycles. The molecule has 2 aliphatic heterocycles. The Labute approximate surface area is 149 Å². The van der Waals surface area contributed by atoms with E-state index in [1.165, 1.54) is 18.4 Å². The largest absolute Gasteiger partial charge is 0.341 e. The number of allylic oxidation sites excluding steroid dienone is 1. The number of amides is 2. The summed E-state index contributed by atoms with van der Waals surface area (Å²) in [5.41, 5.74) is 0.668. The van der Waals surface area contributed by atoms with Crippen LogP contribution in [0.5, 0.6) is 0 Å². The molecule has 0 bridgehead atoms. The summed E-state index contributed by atoms with van der Waals surface area (Å²) in [4.78, 5) is 29.0. The van der Waals surface area contributed by atoms with Gasteiger partial charge >= 0.3 is 0 Å². The highest BCUT2D eigenvalue weighted by atomic mass is 19.1. The van der Waals surface area contributed by atoms with Crippen LogP contribution in [0.2, 0.25) is 0 Å². The maximum atomic E-state index is 13.4. The SMILES string of the molecule is O=C(CC1=CCCCC1)N1CC2(CCN(C(=O)C3(CF)CCC3)C2)C1. The van der Waals surface area contributed by atoms with Gasteiger partial charge in [-0.1, -0.05) is 18.1 Å². The maximum Gasteiger partial charge on any atom is 0.231 e. The molecule has 2 aliphatic carbocycles. The van der Waals surface area contributed by atoms with E-state index in [0.29, 0.717) is 25.8 Å². The second kappa shape index (κ2) is 6.40. The molecule has 4 nitrogen and oxygen atoms in total. The van der Waals surface area contributed by atoms with E-state index in [2.05, 4.69) is 6.08 Å². The fraction of sp³-hybridized carbons (Fsp3) is 0.800. The average Bonchev–Trinajstić information content (AvgIpc) is 2.99. The Hall–Kier alpha value is -1.39. The van der Waals surface area contributed by atoms with Gasteiger partial charge in [-0.15, -0.1) is 0 Å². The number of alkyl halides is 1. The van der Waals surface area contributed by atoms with Gasteiger partial charge in [0.15, 0.2) is 0 Å². The molecule has 0 aromatic carbocycles. The smallest absolute Gasteiger partial charge is 0.231 e. The van der Waals surface area contributed by atoms with Crippen molar-refractivity contribution in [3.05, 3.63) is 11.6 Å². The summed E-state index contributed by atoms with van der Waals surface area (Å²) >= 11 is 0. The molecular formula is C20H29FN2O2. The minimum absolute atomic E-state index is 0.0234. The van der Waals surface area contributed by atoms with Gasteiger partial charge in [0.25, 0.3) is 0 Å². The summed E-state index contributed by atoms with van der Waals surface area (Å²) in [5.74, 6) is 0.262. The Bertz CT molecular complexity index is 585. The molecule has 2 heterocycles. The van der Waals surface area contributed by atoms with Gasteiger partial charge in [-0.3, -0.25) is 9.59 Å². The first-order chi connectivity index (χ1) is 12.1. The van der Waals surface area contributed by atoms with Crippen LogP contribution in [0.1, 0.15) is 57.8 Å². The summed E-state index contributed by atoms with van der Waals surface area (Å²) < 4.78 is 13.4. The van der Waals surface area contributed by atoms with Crippen LogP contribution in [-0.2, 0) is 9.59 Å². The maximum absolute atomic E-state index is 13.4. The van der Waals surface area contributed by atoms with Crippen LogP contribution in [0.15, 0.2) is 11.6 Å². The average molecular weight is 348 g/mol. The van der Waals surface area contributed by atoms with Gasteiger partial charge < -0.3 is 9.80 Å². The van der Waals surface area contributed by atoms with Crippen LogP contribution < -0.4 is 0 Å². The molecule has 3 fully saturated rings. The normalized spacial score (nSPS) is 26.8. The Kier molecular flexibility index (Phi) is 4.37. The number of rotatable bonds is 4. The van der Waals surface area contributed by atoms with Gasteiger partial charge in [0, 0.05) is 38.0 Å². The lowest BCUT2D eigenvalue weighted by molar-refractivity contribution is -0.150. The van der Waals surface area contributed by atoms with E-state index in [4.69, 9.17) is 0 Å². The zero-order valence-corrected chi connectivity index (χ0v) is 15.1. The second-order valence-electron chi connectivity index (χ2n) is 8.78. The molecule has 25 heavy (non-hydrogen) atoms. The van der Waals surface area contributed by atoms with Crippen molar-refractivity contribution in [3.63, 3.8) is 0 Å². The summed E-state index contributed by atoms with van der Waals surface area (Å²) in [6, 6.07) is 0. The van der Waals surface area contributed by atoms with Gasteiger partial charge in [-0.25, -0.2) is 4.39 Å². The van der Waals surface area contributed by atoms with Crippen LogP contribution in [-0.4, -0.2) is 54.5 Å². The van der Waals surface area contributed by atoms with Crippen LogP contribution in [0.4, 0.5) is 4.39 Å². The van der Waals surface area contributed by atoms with E-state index in [1.54, 1.807) is 0 Å². The van der Waals surface area contributed by atoms with E-state index in [1.807, 2.05) is 9.80 Å². The van der Waals surface area contributed by atoms with Crippen LogP contribution in [0.25, 0.3) is 0 Å². The highest BCUT2D eigenvalue weighted by Gasteiger charge is 2.54. The van der Waals surface area contributed by atoms with Gasteiger partial charge in [0.2, 0.25) is 11.8 Å². The number of halogens is 1. The van der Waals surface area contributed by atoms with Gasteiger partial charge in [-0.05, 0) is 44.9 Å². The zero-order chi connectivity index (χ0) is 17.5. The van der Waals surface area contributed by atoms with E-state index < -0.39 is 12.1 Å². The molecule has 0 atom stereocenters. The minimum Gasteiger partial charge on any atom is -0.341 e. The van der Waals surface area contributed by atoms with Gasteiger partial charge in [0.1, 0.15) is 6.67 Å². The molecule has 2 saturated heterocycles. The van der Waals surface area contributed by atoms with E-state index in [9.17, 15) is 14.0 Å². The first kappa shape index (κ1) is 17.0. The predicted molar refractivity (Wildman–Crippen MR) is 93.6 cm³/mol. The molecule has 4 rings (SSSR count). The Morgan fingerprint density at radius 2 is 1.80 bits per heavy atom. The number of hydrogen-bond acceptors (Lipinski definition) is 2. The van der Waals surface area contributed by atoms with Crippen molar-refractivity contribution in [3.8, 4) is 0 Å². The van der Waals surface area contributed by atoms with Crippen molar-refractivity contribution in [2.24, 2.45) is 10.8 Å². The second-order valence-corrected chi connectivity index (χ2v) is 8.78. The summed E-state index contributed by atoms with van der Waals surface area (Å²) in [6.45, 7) is 2.46. The molecule has 0 aromatic heterocycles. The number of carbonyl (C=O) groups excluding carboxylic acids is 2. The van der Waals surface area contributed by atoms with Crippen molar-refractivity contribution in [1.29, 1.82) is 0 Å².